The van der Waals surface area contributed by atoms with Gasteiger partial charge in [-0.2, -0.15) is 15.0 Å². The first-order chi connectivity index (χ1) is 6.40. The second-order valence-electron chi connectivity index (χ2n) is 2.38. The molecule has 0 amide bonds. The number of pyridine rings is 1. The molecule has 0 spiro atoms. The van der Waals surface area contributed by atoms with E-state index in [1.165, 1.54) is 4.80 Å². The topological polar surface area (TPSA) is 52.8 Å². The molecule has 5 nitrogen and oxygen atoms in total. The van der Waals surface area contributed by atoms with Gasteiger partial charge < -0.3 is 4.74 Å². The van der Waals surface area contributed by atoms with Crippen LogP contribution in [-0.2, 0) is 0 Å². The smallest absolute Gasteiger partial charge is 0.213 e. The number of hydrogen-bond donors (Lipinski definition) is 0. The van der Waals surface area contributed by atoms with Gasteiger partial charge in [-0.1, -0.05) is 0 Å². The third kappa shape index (κ3) is 1.48. The average Bonchev–Trinajstić information content (AvgIpc) is 2.71. The highest BCUT2D eigenvalue weighted by atomic mass is 16.5. The van der Waals surface area contributed by atoms with Gasteiger partial charge in [-0.15, -0.1) is 0 Å². The Morgan fingerprint density at radius 1 is 1.23 bits per heavy atom. The molecule has 0 unspecified atom stereocenters. The van der Waals surface area contributed by atoms with Crippen molar-refractivity contribution in [2.45, 2.75) is 0 Å². The van der Waals surface area contributed by atoms with Crippen molar-refractivity contribution in [2.75, 3.05) is 7.11 Å². The molecule has 0 N–H and O–H groups in total. The van der Waals surface area contributed by atoms with E-state index in [9.17, 15) is 0 Å². The Hall–Kier alpha value is -1.91. The summed E-state index contributed by atoms with van der Waals surface area (Å²) < 4.78 is 4.93. The van der Waals surface area contributed by atoms with Gasteiger partial charge in [-0.05, 0) is 6.07 Å². The predicted octanol–water partition coefficient (Wildman–Crippen LogP) is 0.671. The van der Waals surface area contributed by atoms with Crippen LogP contribution in [-0.4, -0.2) is 27.1 Å². The Morgan fingerprint density at radius 3 is 2.54 bits per heavy atom. The lowest BCUT2D eigenvalue weighted by molar-refractivity contribution is 0.397. The minimum absolute atomic E-state index is 0.580. The van der Waals surface area contributed by atoms with Crippen molar-refractivity contribution in [3.8, 4) is 11.6 Å². The molecule has 0 saturated heterocycles. The fourth-order valence-corrected chi connectivity index (χ4v) is 0.961. The lowest BCUT2D eigenvalue weighted by atomic mass is 10.4. The molecule has 0 radical (unpaired) electrons. The maximum Gasteiger partial charge on any atom is 0.213 e. The zero-order valence-electron chi connectivity index (χ0n) is 7.08. The molecule has 2 aromatic heterocycles. The van der Waals surface area contributed by atoms with E-state index in [-0.39, 0.29) is 0 Å². The lowest BCUT2D eigenvalue weighted by Gasteiger charge is -2.00. The monoisotopic (exact) mass is 176 g/mol. The molecular weight excluding hydrogens is 168 g/mol. The van der Waals surface area contributed by atoms with Crippen LogP contribution in [0.4, 0.5) is 0 Å². The van der Waals surface area contributed by atoms with Gasteiger partial charge in [0.1, 0.15) is 5.69 Å². The first-order valence-electron chi connectivity index (χ1n) is 3.77. The van der Waals surface area contributed by atoms with Crippen molar-refractivity contribution in [1.29, 1.82) is 0 Å². The summed E-state index contributed by atoms with van der Waals surface area (Å²) in [6.45, 7) is 0. The normalized spacial score (nSPS) is 9.92. The van der Waals surface area contributed by atoms with Gasteiger partial charge in [-0.3, -0.25) is 0 Å². The van der Waals surface area contributed by atoms with Gasteiger partial charge in [0.15, 0.2) is 0 Å². The first-order valence-corrected chi connectivity index (χ1v) is 3.77. The maximum atomic E-state index is 4.93. The molecule has 13 heavy (non-hydrogen) atoms. The van der Waals surface area contributed by atoms with E-state index in [2.05, 4.69) is 15.2 Å². The molecule has 5 heteroatoms. The third-order valence-electron chi connectivity index (χ3n) is 1.58. The molecule has 0 fully saturated rings. The van der Waals surface area contributed by atoms with Crippen LogP contribution < -0.4 is 4.74 Å². The lowest BCUT2D eigenvalue weighted by Crippen LogP contribution is -1.99. The summed E-state index contributed by atoms with van der Waals surface area (Å²) in [5, 5.41) is 7.93. The highest BCUT2D eigenvalue weighted by Crippen LogP contribution is 2.08. The van der Waals surface area contributed by atoms with E-state index in [4.69, 9.17) is 4.74 Å². The van der Waals surface area contributed by atoms with Crippen molar-refractivity contribution in [3.63, 3.8) is 0 Å². The fourth-order valence-electron chi connectivity index (χ4n) is 0.961. The second-order valence-corrected chi connectivity index (χ2v) is 2.38. The summed E-state index contributed by atoms with van der Waals surface area (Å²) in [5.41, 5.74) is 0.811. The zero-order valence-corrected chi connectivity index (χ0v) is 7.08. The number of rotatable bonds is 2. The number of aromatic nitrogens is 4. The van der Waals surface area contributed by atoms with E-state index in [1.807, 2.05) is 6.07 Å². The molecule has 2 aromatic rings. The number of ether oxygens (including phenoxy) is 1. The minimum atomic E-state index is 0.580. The summed E-state index contributed by atoms with van der Waals surface area (Å²) in [7, 11) is 1.58. The van der Waals surface area contributed by atoms with E-state index < -0.39 is 0 Å². The van der Waals surface area contributed by atoms with Crippen LogP contribution in [0.5, 0.6) is 5.88 Å². The van der Waals surface area contributed by atoms with Gasteiger partial charge in [0.25, 0.3) is 0 Å². The molecule has 2 heterocycles. The van der Waals surface area contributed by atoms with Crippen molar-refractivity contribution in [3.05, 3.63) is 30.7 Å². The predicted molar refractivity (Wildman–Crippen MR) is 45.7 cm³/mol. The third-order valence-corrected chi connectivity index (χ3v) is 1.58. The molecule has 0 atom stereocenters. The Labute approximate surface area is 75.0 Å². The maximum absolute atomic E-state index is 4.93. The van der Waals surface area contributed by atoms with Crippen LogP contribution in [0.25, 0.3) is 5.69 Å². The Balaban J connectivity index is 2.33. The van der Waals surface area contributed by atoms with Gasteiger partial charge in [0.05, 0.1) is 25.7 Å². The molecular formula is C8H8N4O. The van der Waals surface area contributed by atoms with Crippen LogP contribution in [0.2, 0.25) is 0 Å². The van der Waals surface area contributed by atoms with E-state index >= 15 is 0 Å². The van der Waals surface area contributed by atoms with Gasteiger partial charge in [-0.25, -0.2) is 4.98 Å². The largest absolute Gasteiger partial charge is 0.481 e. The molecule has 66 valence electrons. The van der Waals surface area contributed by atoms with Crippen molar-refractivity contribution in [2.24, 2.45) is 0 Å². The van der Waals surface area contributed by atoms with Gasteiger partial charge in [0, 0.05) is 6.07 Å². The molecule has 2 rings (SSSR count). The van der Waals surface area contributed by atoms with Crippen LogP contribution in [0.3, 0.4) is 0 Å². The highest BCUT2D eigenvalue weighted by molar-refractivity contribution is 5.28. The average molecular weight is 176 g/mol. The SMILES string of the molecule is COc1ccc(-n2nccn2)cn1. The summed E-state index contributed by atoms with van der Waals surface area (Å²) in [5.74, 6) is 0.580. The van der Waals surface area contributed by atoms with Crippen LogP contribution >= 0.6 is 0 Å². The Kier molecular flexibility index (Phi) is 1.91. The molecule has 0 aliphatic heterocycles. The number of nitrogens with zero attached hydrogens (tertiary/aromatic N) is 4. The number of hydrogen-bond acceptors (Lipinski definition) is 4. The molecule has 0 saturated carbocycles. The first kappa shape index (κ1) is 7.72. The van der Waals surface area contributed by atoms with Gasteiger partial charge >= 0.3 is 0 Å². The van der Waals surface area contributed by atoms with Crippen molar-refractivity contribution in [1.82, 2.24) is 20.0 Å². The van der Waals surface area contributed by atoms with E-state index in [0.29, 0.717) is 5.88 Å². The standard InChI is InChI=1S/C8H8N4O/c1-13-8-3-2-7(6-9-8)12-10-4-5-11-12/h2-6H,1H3. The molecule has 0 aliphatic rings. The van der Waals surface area contributed by atoms with Crippen LogP contribution in [0.1, 0.15) is 0 Å². The zero-order chi connectivity index (χ0) is 9.10. The number of methoxy groups -OCH3 is 1. The summed E-state index contributed by atoms with van der Waals surface area (Å²) >= 11 is 0. The molecule has 0 aromatic carbocycles. The second kappa shape index (κ2) is 3.22. The highest BCUT2D eigenvalue weighted by Gasteiger charge is 1.97. The summed E-state index contributed by atoms with van der Waals surface area (Å²) in [6, 6.07) is 3.60. The quantitative estimate of drug-likeness (QED) is 0.674. The van der Waals surface area contributed by atoms with E-state index in [0.717, 1.165) is 5.69 Å². The van der Waals surface area contributed by atoms with Crippen LogP contribution in [0, 0.1) is 0 Å². The minimum Gasteiger partial charge on any atom is -0.481 e. The summed E-state index contributed by atoms with van der Waals surface area (Å²) in [6.07, 6.45) is 4.88. The Bertz CT molecular complexity index is 368. The molecule has 0 bridgehead atoms. The summed E-state index contributed by atoms with van der Waals surface area (Å²) in [4.78, 5) is 5.52. The van der Waals surface area contributed by atoms with Crippen molar-refractivity contribution < 1.29 is 4.74 Å². The van der Waals surface area contributed by atoms with Crippen LogP contribution in [0.15, 0.2) is 30.7 Å². The fraction of sp³-hybridized carbons (Fsp3) is 0.125. The van der Waals surface area contributed by atoms with E-state index in [1.54, 1.807) is 31.8 Å². The van der Waals surface area contributed by atoms with Gasteiger partial charge in [0.2, 0.25) is 5.88 Å². The molecule has 0 aliphatic carbocycles. The van der Waals surface area contributed by atoms with Crippen molar-refractivity contribution >= 4 is 0 Å². The Morgan fingerprint density at radius 2 is 2.00 bits per heavy atom.